The Hall–Kier alpha value is -2.16. The van der Waals surface area contributed by atoms with Crippen molar-refractivity contribution in [3.8, 4) is 0 Å². The van der Waals surface area contributed by atoms with E-state index in [2.05, 4.69) is 10.6 Å². The third-order valence-corrected chi connectivity index (χ3v) is 5.87. The third kappa shape index (κ3) is 6.17. The van der Waals surface area contributed by atoms with Crippen molar-refractivity contribution in [3.63, 3.8) is 0 Å². The average Bonchev–Trinajstić information content (AvgIpc) is 2.76. The Morgan fingerprint density at radius 2 is 1.70 bits per heavy atom. The number of likely N-dealkylation sites (N-methyl/N-ethyl adjacent to an activating group) is 1. The topological polar surface area (TPSA) is 108 Å². The lowest BCUT2D eigenvalue weighted by Crippen LogP contribution is -2.64. The van der Waals surface area contributed by atoms with E-state index < -0.39 is 23.3 Å². The number of Topliss-reactive ketones (excluding diaryl/α,β-unsaturated/α-hetero) is 1. The first-order valence-electron chi connectivity index (χ1n) is 11.0. The predicted molar refractivity (Wildman–Crippen MR) is 112 cm³/mol. The van der Waals surface area contributed by atoms with Crippen molar-refractivity contribution in [1.82, 2.24) is 20.4 Å². The maximum atomic E-state index is 13.4. The zero-order valence-corrected chi connectivity index (χ0v) is 18.5. The summed E-state index contributed by atoms with van der Waals surface area (Å²) in [6, 6.07) is -1.16. The first-order chi connectivity index (χ1) is 14.3. The van der Waals surface area contributed by atoms with E-state index in [-0.39, 0.29) is 11.9 Å². The van der Waals surface area contributed by atoms with E-state index in [1.807, 2.05) is 6.92 Å². The van der Waals surface area contributed by atoms with Crippen molar-refractivity contribution in [1.29, 1.82) is 0 Å². The predicted octanol–water partition coefficient (Wildman–Crippen LogP) is 1.06. The van der Waals surface area contributed by atoms with E-state index in [4.69, 9.17) is 4.74 Å². The molecule has 0 bridgehead atoms. The van der Waals surface area contributed by atoms with E-state index in [9.17, 15) is 19.2 Å². The van der Waals surface area contributed by atoms with Gasteiger partial charge in [0.2, 0.25) is 11.7 Å². The number of carbonyl (C=O) groups is 4. The van der Waals surface area contributed by atoms with Gasteiger partial charge in [-0.1, -0.05) is 39.0 Å². The van der Waals surface area contributed by atoms with Crippen LogP contribution in [0.3, 0.4) is 0 Å². The molecule has 9 heteroatoms. The summed E-state index contributed by atoms with van der Waals surface area (Å²) in [5, 5.41) is 5.78. The van der Waals surface area contributed by atoms with Crippen LogP contribution in [0.4, 0.5) is 4.79 Å². The largest absolute Gasteiger partial charge is 0.378 e. The number of morpholine rings is 1. The van der Waals surface area contributed by atoms with E-state index in [0.29, 0.717) is 52.0 Å². The molecule has 0 aromatic heterocycles. The second-order valence-corrected chi connectivity index (χ2v) is 8.40. The maximum Gasteiger partial charge on any atom is 0.318 e. The summed E-state index contributed by atoms with van der Waals surface area (Å²) < 4.78 is 5.30. The Morgan fingerprint density at radius 1 is 1.07 bits per heavy atom. The van der Waals surface area contributed by atoms with Crippen molar-refractivity contribution < 1.29 is 23.9 Å². The SMILES string of the molecule is CCCC[C@H](NC(=O)C1(NC(=O)N2CCOCC2)CCCCC1)C(=O)C(=O)N(C)C. The van der Waals surface area contributed by atoms with Gasteiger partial charge in [0, 0.05) is 27.2 Å². The molecular weight excluding hydrogens is 388 g/mol. The van der Waals surface area contributed by atoms with Crippen LogP contribution in [0.5, 0.6) is 0 Å². The molecule has 0 spiro atoms. The zero-order chi connectivity index (χ0) is 22.1. The number of amides is 4. The molecule has 2 N–H and O–H groups in total. The number of carbonyl (C=O) groups excluding carboxylic acids is 4. The average molecular weight is 425 g/mol. The fourth-order valence-electron chi connectivity index (χ4n) is 3.96. The lowest BCUT2D eigenvalue weighted by atomic mass is 9.80. The Bertz CT molecular complexity index is 625. The second kappa shape index (κ2) is 11.3. The van der Waals surface area contributed by atoms with Crippen LogP contribution >= 0.6 is 0 Å². The summed E-state index contributed by atoms with van der Waals surface area (Å²) in [6.07, 6.45) is 5.63. The summed E-state index contributed by atoms with van der Waals surface area (Å²) in [4.78, 5) is 53.9. The van der Waals surface area contributed by atoms with Gasteiger partial charge in [-0.3, -0.25) is 14.4 Å². The van der Waals surface area contributed by atoms with E-state index in [0.717, 1.165) is 25.7 Å². The van der Waals surface area contributed by atoms with Gasteiger partial charge in [-0.25, -0.2) is 4.79 Å². The van der Waals surface area contributed by atoms with E-state index >= 15 is 0 Å². The minimum atomic E-state index is -1.06. The second-order valence-electron chi connectivity index (χ2n) is 8.40. The minimum Gasteiger partial charge on any atom is -0.378 e. The van der Waals surface area contributed by atoms with Crippen LogP contribution < -0.4 is 10.6 Å². The zero-order valence-electron chi connectivity index (χ0n) is 18.5. The molecule has 4 amide bonds. The van der Waals surface area contributed by atoms with Crippen LogP contribution in [0.15, 0.2) is 0 Å². The molecule has 1 saturated heterocycles. The first-order valence-corrected chi connectivity index (χ1v) is 11.0. The highest BCUT2D eigenvalue weighted by Gasteiger charge is 2.43. The number of ketones is 1. The van der Waals surface area contributed by atoms with Crippen molar-refractivity contribution >= 4 is 23.6 Å². The lowest BCUT2D eigenvalue weighted by Gasteiger charge is -2.39. The summed E-state index contributed by atoms with van der Waals surface area (Å²) >= 11 is 0. The number of rotatable bonds is 8. The molecule has 2 aliphatic rings. The normalized spacial score (nSPS) is 19.5. The van der Waals surface area contributed by atoms with Gasteiger partial charge in [-0.15, -0.1) is 0 Å². The molecule has 0 unspecified atom stereocenters. The number of hydrogen-bond acceptors (Lipinski definition) is 5. The molecule has 0 aromatic rings. The van der Waals surface area contributed by atoms with Gasteiger partial charge in [0.1, 0.15) is 5.54 Å². The lowest BCUT2D eigenvalue weighted by molar-refractivity contribution is -0.145. The molecule has 0 aromatic carbocycles. The summed E-state index contributed by atoms with van der Waals surface area (Å²) in [7, 11) is 3.04. The van der Waals surface area contributed by atoms with Crippen LogP contribution in [-0.2, 0) is 19.1 Å². The highest BCUT2D eigenvalue weighted by atomic mass is 16.5. The summed E-state index contributed by atoms with van der Waals surface area (Å²) in [6.45, 7) is 3.92. The number of nitrogens with one attached hydrogen (secondary N) is 2. The molecule has 2 fully saturated rings. The standard InChI is InChI=1S/C21H36N4O5/c1-4-5-9-16(17(26)18(27)24(2)3)22-19(28)21(10-7-6-8-11-21)23-20(29)25-12-14-30-15-13-25/h16H,4-15H2,1-3H3,(H,22,28)(H,23,29)/t16-/m0/s1. The molecule has 1 saturated carbocycles. The van der Waals surface area contributed by atoms with Crippen LogP contribution in [-0.4, -0.2) is 85.4 Å². The van der Waals surface area contributed by atoms with Crippen LogP contribution in [0.2, 0.25) is 0 Å². The number of hydrogen-bond donors (Lipinski definition) is 2. The molecule has 170 valence electrons. The summed E-state index contributed by atoms with van der Waals surface area (Å²) in [5.74, 6) is -1.62. The monoisotopic (exact) mass is 424 g/mol. The third-order valence-electron chi connectivity index (χ3n) is 5.87. The highest BCUT2D eigenvalue weighted by molar-refractivity contribution is 6.38. The number of unbranched alkanes of at least 4 members (excludes halogenated alkanes) is 1. The van der Waals surface area contributed by atoms with Gasteiger partial charge in [0.15, 0.2) is 0 Å². The minimum absolute atomic E-state index is 0.281. The summed E-state index contributed by atoms with van der Waals surface area (Å²) in [5.41, 5.74) is -1.06. The van der Waals surface area contributed by atoms with Crippen LogP contribution in [0.1, 0.15) is 58.3 Å². The van der Waals surface area contributed by atoms with Gasteiger partial charge >= 0.3 is 6.03 Å². The molecule has 1 aliphatic carbocycles. The molecular formula is C21H36N4O5. The van der Waals surface area contributed by atoms with Gasteiger partial charge in [0.25, 0.3) is 5.91 Å². The van der Waals surface area contributed by atoms with Gasteiger partial charge in [-0.05, 0) is 19.3 Å². The Labute approximate surface area is 178 Å². The first kappa shape index (κ1) is 24.1. The quantitative estimate of drug-likeness (QED) is 0.567. The van der Waals surface area contributed by atoms with E-state index in [1.165, 1.54) is 19.0 Å². The maximum absolute atomic E-state index is 13.4. The molecule has 30 heavy (non-hydrogen) atoms. The van der Waals surface area contributed by atoms with Crippen LogP contribution in [0.25, 0.3) is 0 Å². The number of urea groups is 1. The molecule has 0 radical (unpaired) electrons. The molecule has 1 heterocycles. The molecule has 9 nitrogen and oxygen atoms in total. The fraction of sp³-hybridized carbons (Fsp3) is 0.810. The molecule has 1 aliphatic heterocycles. The van der Waals surface area contributed by atoms with Gasteiger partial charge < -0.3 is 25.2 Å². The van der Waals surface area contributed by atoms with Crippen LogP contribution in [0, 0.1) is 0 Å². The van der Waals surface area contributed by atoms with E-state index in [1.54, 1.807) is 4.90 Å². The Morgan fingerprint density at radius 3 is 2.27 bits per heavy atom. The van der Waals surface area contributed by atoms with Crippen molar-refractivity contribution in [3.05, 3.63) is 0 Å². The van der Waals surface area contributed by atoms with Crippen molar-refractivity contribution in [2.24, 2.45) is 0 Å². The number of nitrogens with zero attached hydrogens (tertiary/aromatic N) is 2. The Kier molecular flexibility index (Phi) is 9.08. The molecule has 2 rings (SSSR count). The molecule has 1 atom stereocenters. The van der Waals surface area contributed by atoms with Crippen molar-refractivity contribution in [2.75, 3.05) is 40.4 Å². The van der Waals surface area contributed by atoms with Crippen molar-refractivity contribution in [2.45, 2.75) is 69.9 Å². The van der Waals surface area contributed by atoms with Gasteiger partial charge in [-0.2, -0.15) is 0 Å². The number of ether oxygens (including phenoxy) is 1. The fourth-order valence-corrected chi connectivity index (χ4v) is 3.96. The smallest absolute Gasteiger partial charge is 0.318 e. The highest BCUT2D eigenvalue weighted by Crippen LogP contribution is 2.29. The van der Waals surface area contributed by atoms with Gasteiger partial charge in [0.05, 0.1) is 19.3 Å². The Balaban J connectivity index is 2.15.